The summed E-state index contributed by atoms with van der Waals surface area (Å²) in [6, 6.07) is 11.9. The molecule has 5 N–H and O–H groups in total. The van der Waals surface area contributed by atoms with Crippen molar-refractivity contribution >= 4 is 17.7 Å². The molecule has 0 saturated heterocycles. The minimum absolute atomic E-state index is 0.00983. The number of benzene rings is 2. The molecule has 0 bridgehead atoms. The van der Waals surface area contributed by atoms with Gasteiger partial charge in [-0.3, -0.25) is 10.2 Å². The van der Waals surface area contributed by atoms with Crippen molar-refractivity contribution in [1.82, 2.24) is 5.32 Å². The van der Waals surface area contributed by atoms with E-state index in [2.05, 4.69) is 5.32 Å². The lowest BCUT2D eigenvalue weighted by molar-refractivity contribution is -0.139. The Balaban J connectivity index is 2.03. The van der Waals surface area contributed by atoms with Crippen LogP contribution in [-0.2, 0) is 11.3 Å². The van der Waals surface area contributed by atoms with Gasteiger partial charge in [0.25, 0.3) is 5.91 Å². The van der Waals surface area contributed by atoms with E-state index in [-0.39, 0.29) is 11.7 Å². The minimum atomic E-state index is -1.08. The van der Waals surface area contributed by atoms with Crippen LogP contribution in [0.3, 0.4) is 0 Å². The van der Waals surface area contributed by atoms with E-state index in [1.807, 2.05) is 0 Å². The van der Waals surface area contributed by atoms with Crippen LogP contribution in [0, 0.1) is 12.3 Å². The van der Waals surface area contributed by atoms with E-state index in [4.69, 9.17) is 21.0 Å². The third-order valence-corrected chi connectivity index (χ3v) is 3.53. The van der Waals surface area contributed by atoms with Crippen LogP contribution in [0.5, 0.6) is 5.75 Å². The van der Waals surface area contributed by atoms with Crippen molar-refractivity contribution in [2.75, 3.05) is 6.61 Å². The number of nitrogens with one attached hydrogen (secondary N) is 2. The molecule has 25 heavy (non-hydrogen) atoms. The zero-order chi connectivity index (χ0) is 18.4. The summed E-state index contributed by atoms with van der Waals surface area (Å²) in [5.74, 6) is -1.05. The second-order valence-electron chi connectivity index (χ2n) is 5.45. The number of amidine groups is 1. The van der Waals surface area contributed by atoms with Crippen LogP contribution in [0.2, 0.25) is 0 Å². The first-order valence-corrected chi connectivity index (χ1v) is 7.53. The first-order valence-electron chi connectivity index (χ1n) is 7.53. The number of carbonyl (C=O) groups is 2. The molecule has 2 aromatic rings. The van der Waals surface area contributed by atoms with Gasteiger partial charge in [-0.15, -0.1) is 0 Å². The molecule has 0 saturated carbocycles. The van der Waals surface area contributed by atoms with Gasteiger partial charge in [0.2, 0.25) is 0 Å². The highest BCUT2D eigenvalue weighted by Gasteiger charge is 2.11. The lowest BCUT2D eigenvalue weighted by Crippen LogP contribution is -2.24. The first kappa shape index (κ1) is 18.0. The van der Waals surface area contributed by atoms with Gasteiger partial charge in [-0.05, 0) is 30.2 Å². The molecule has 2 rings (SSSR count). The predicted octanol–water partition coefficient (Wildman–Crippen LogP) is 1.67. The van der Waals surface area contributed by atoms with Crippen molar-refractivity contribution in [1.29, 1.82) is 5.41 Å². The van der Waals surface area contributed by atoms with Gasteiger partial charge in [-0.1, -0.05) is 30.3 Å². The van der Waals surface area contributed by atoms with Gasteiger partial charge < -0.3 is 20.9 Å². The highest BCUT2D eigenvalue weighted by atomic mass is 16.5. The van der Waals surface area contributed by atoms with Crippen LogP contribution in [0.4, 0.5) is 0 Å². The van der Waals surface area contributed by atoms with Gasteiger partial charge in [-0.25, -0.2) is 4.79 Å². The zero-order valence-electron chi connectivity index (χ0n) is 13.7. The van der Waals surface area contributed by atoms with Gasteiger partial charge in [0.15, 0.2) is 6.61 Å². The molecular weight excluding hydrogens is 322 g/mol. The molecule has 7 nitrogen and oxygen atoms in total. The smallest absolute Gasteiger partial charge is 0.341 e. The summed E-state index contributed by atoms with van der Waals surface area (Å²) in [6.45, 7) is 1.64. The Morgan fingerprint density at radius 2 is 1.88 bits per heavy atom. The number of carbonyl (C=O) groups excluding carboxylic acids is 1. The molecule has 0 unspecified atom stereocenters. The Morgan fingerprint density at radius 1 is 1.20 bits per heavy atom. The van der Waals surface area contributed by atoms with Gasteiger partial charge >= 0.3 is 5.97 Å². The number of aryl methyl sites for hydroxylation is 1. The van der Waals surface area contributed by atoms with E-state index in [1.54, 1.807) is 43.3 Å². The number of rotatable bonds is 7. The molecule has 0 fully saturated rings. The number of carboxylic acids is 1. The van der Waals surface area contributed by atoms with Crippen LogP contribution in [0.1, 0.15) is 27.0 Å². The van der Waals surface area contributed by atoms with Crippen molar-refractivity contribution in [3.8, 4) is 5.75 Å². The monoisotopic (exact) mass is 341 g/mol. The summed E-state index contributed by atoms with van der Waals surface area (Å²) in [4.78, 5) is 22.9. The topological polar surface area (TPSA) is 125 Å². The fraction of sp³-hybridized carbons (Fsp3) is 0.167. The van der Waals surface area contributed by atoms with Crippen molar-refractivity contribution in [2.24, 2.45) is 5.73 Å². The van der Waals surface area contributed by atoms with Gasteiger partial charge in [0.05, 0.1) is 0 Å². The Bertz CT molecular complexity index is 800. The average molecular weight is 341 g/mol. The summed E-state index contributed by atoms with van der Waals surface area (Å²) < 4.78 is 5.10. The fourth-order valence-electron chi connectivity index (χ4n) is 2.16. The van der Waals surface area contributed by atoms with Gasteiger partial charge in [-0.2, -0.15) is 0 Å². The second kappa shape index (κ2) is 7.96. The third kappa shape index (κ3) is 5.07. The fourth-order valence-corrected chi connectivity index (χ4v) is 2.16. The van der Waals surface area contributed by atoms with Crippen LogP contribution < -0.4 is 15.8 Å². The van der Waals surface area contributed by atoms with Gasteiger partial charge in [0.1, 0.15) is 11.6 Å². The zero-order valence-corrected chi connectivity index (χ0v) is 13.7. The largest absolute Gasteiger partial charge is 0.482 e. The first-order chi connectivity index (χ1) is 11.9. The number of ether oxygens (including phenoxy) is 1. The average Bonchev–Trinajstić information content (AvgIpc) is 2.59. The maximum Gasteiger partial charge on any atom is 0.341 e. The van der Waals surface area contributed by atoms with E-state index in [0.717, 1.165) is 11.1 Å². The number of nitrogen functional groups attached to an aromatic ring is 1. The van der Waals surface area contributed by atoms with Crippen molar-refractivity contribution in [3.05, 3.63) is 64.7 Å². The SMILES string of the molecule is Cc1ccc(OCC(=O)O)cc1C(=O)NCc1ccc(C(=N)N)cc1. The Hall–Kier alpha value is -3.35. The summed E-state index contributed by atoms with van der Waals surface area (Å²) in [5, 5.41) is 18.8. The number of amides is 1. The molecule has 0 aliphatic carbocycles. The second-order valence-corrected chi connectivity index (χ2v) is 5.45. The van der Waals surface area contributed by atoms with E-state index >= 15 is 0 Å². The molecule has 0 aliphatic heterocycles. The van der Waals surface area contributed by atoms with Crippen molar-refractivity contribution in [2.45, 2.75) is 13.5 Å². The molecule has 0 heterocycles. The molecule has 0 aromatic heterocycles. The minimum Gasteiger partial charge on any atom is -0.482 e. The van der Waals surface area contributed by atoms with Gasteiger partial charge in [0, 0.05) is 17.7 Å². The van der Waals surface area contributed by atoms with E-state index in [9.17, 15) is 9.59 Å². The van der Waals surface area contributed by atoms with Crippen LogP contribution >= 0.6 is 0 Å². The number of nitrogens with two attached hydrogens (primary N) is 1. The lowest BCUT2D eigenvalue weighted by atomic mass is 10.1. The predicted molar refractivity (Wildman–Crippen MR) is 92.9 cm³/mol. The highest BCUT2D eigenvalue weighted by molar-refractivity contribution is 5.96. The van der Waals surface area contributed by atoms with Crippen LogP contribution in [0.15, 0.2) is 42.5 Å². The Labute approximate surface area is 144 Å². The number of hydrogen-bond acceptors (Lipinski definition) is 4. The molecule has 7 heteroatoms. The quantitative estimate of drug-likeness (QED) is 0.450. The normalized spacial score (nSPS) is 10.1. The standard InChI is InChI=1S/C18H19N3O4/c1-11-2-7-14(25-10-16(22)23)8-15(11)18(24)21-9-12-3-5-13(6-4-12)17(19)20/h2-8H,9-10H2,1H3,(H3,19,20)(H,21,24)(H,22,23). The molecule has 1 amide bonds. The molecule has 0 spiro atoms. The van der Waals surface area contributed by atoms with Crippen LogP contribution in [0.25, 0.3) is 0 Å². The summed E-state index contributed by atoms with van der Waals surface area (Å²) in [7, 11) is 0. The maximum absolute atomic E-state index is 12.4. The van der Waals surface area contributed by atoms with E-state index in [1.165, 1.54) is 6.07 Å². The number of hydrogen-bond donors (Lipinski definition) is 4. The van der Waals surface area contributed by atoms with E-state index < -0.39 is 12.6 Å². The van der Waals surface area contributed by atoms with Crippen molar-refractivity contribution in [3.63, 3.8) is 0 Å². The van der Waals surface area contributed by atoms with E-state index in [0.29, 0.717) is 23.4 Å². The summed E-state index contributed by atoms with van der Waals surface area (Å²) in [5.41, 5.74) is 8.07. The molecule has 0 radical (unpaired) electrons. The molecule has 2 aromatic carbocycles. The lowest BCUT2D eigenvalue weighted by Gasteiger charge is -2.10. The summed E-state index contributed by atoms with van der Waals surface area (Å²) in [6.07, 6.45) is 0. The van der Waals surface area contributed by atoms with Crippen LogP contribution in [-0.4, -0.2) is 29.4 Å². The third-order valence-electron chi connectivity index (χ3n) is 3.53. The molecule has 130 valence electrons. The molecule has 0 atom stereocenters. The Kier molecular flexibility index (Phi) is 5.73. The number of aliphatic carboxylic acids is 1. The highest BCUT2D eigenvalue weighted by Crippen LogP contribution is 2.17. The summed E-state index contributed by atoms with van der Waals surface area (Å²) >= 11 is 0. The molecular formula is C18H19N3O4. The van der Waals surface area contributed by atoms with Crippen molar-refractivity contribution < 1.29 is 19.4 Å². The maximum atomic E-state index is 12.4. The molecule has 0 aliphatic rings. The Morgan fingerprint density at radius 3 is 2.48 bits per heavy atom. The number of carboxylic acid groups (broad SMARTS) is 1.